The van der Waals surface area contributed by atoms with Gasteiger partial charge in [-0.15, -0.1) is 0 Å². The number of anilines is 1. The van der Waals surface area contributed by atoms with Crippen LogP contribution in [0.25, 0.3) is 6.08 Å². The molecule has 1 saturated heterocycles. The Morgan fingerprint density at radius 1 is 0.750 bits per heavy atom. The summed E-state index contributed by atoms with van der Waals surface area (Å²) >= 11 is 19.3. The SMILES string of the molecule is O=C(c1ccc(Cl)cc1)[C@@H]1[C@H](c2ccc(Cl)cc2Cl)C2(C(=O)c3ccccc3C2=O)[C@@H]2C=Cc3ccccc3N12. The second-order valence-corrected chi connectivity index (χ2v) is 11.6. The summed E-state index contributed by atoms with van der Waals surface area (Å²) in [7, 11) is 0. The highest BCUT2D eigenvalue weighted by atomic mass is 35.5. The third-order valence-electron chi connectivity index (χ3n) is 8.41. The van der Waals surface area contributed by atoms with E-state index in [1.165, 1.54) is 0 Å². The standard InChI is InChI=1S/C33H20Cl3NO3/c34-20-12-9-19(10-13-20)30(38)29-28(24-15-14-21(35)17-25(24)36)33(31(39)22-6-2-3-7-23(22)32(33)40)27-16-11-18-5-1-4-8-26(18)37(27)29/h1-17,27-29H/t27-,28-,29-/m0/s1. The van der Waals surface area contributed by atoms with Gasteiger partial charge in [-0.05, 0) is 53.6 Å². The number of fused-ring (bicyclic) bond motifs is 5. The van der Waals surface area contributed by atoms with Crippen molar-refractivity contribution in [3.63, 3.8) is 0 Å². The molecule has 40 heavy (non-hydrogen) atoms. The maximum atomic E-state index is 14.6. The Hall–Kier alpha value is -3.70. The third-order valence-corrected chi connectivity index (χ3v) is 9.22. The van der Waals surface area contributed by atoms with E-state index in [2.05, 4.69) is 0 Å². The Bertz CT molecular complexity index is 1740. The number of carbonyl (C=O) groups excluding carboxylic acids is 3. The van der Waals surface area contributed by atoms with Crippen LogP contribution in [-0.4, -0.2) is 29.4 Å². The van der Waals surface area contributed by atoms with Crippen LogP contribution in [0.3, 0.4) is 0 Å². The van der Waals surface area contributed by atoms with Crippen molar-refractivity contribution < 1.29 is 14.4 Å². The van der Waals surface area contributed by atoms with Crippen molar-refractivity contribution in [2.45, 2.75) is 18.0 Å². The molecule has 4 aromatic rings. The lowest BCUT2D eigenvalue weighted by Crippen LogP contribution is -2.48. The number of carbonyl (C=O) groups is 3. The average Bonchev–Trinajstić information content (AvgIpc) is 3.39. The van der Waals surface area contributed by atoms with Gasteiger partial charge in [0.15, 0.2) is 17.3 Å². The van der Waals surface area contributed by atoms with Crippen LogP contribution in [0.1, 0.15) is 48.1 Å². The number of ketones is 3. The zero-order chi connectivity index (χ0) is 27.8. The van der Waals surface area contributed by atoms with Crippen LogP contribution in [0, 0.1) is 5.41 Å². The molecule has 2 aliphatic heterocycles. The Morgan fingerprint density at radius 3 is 2.05 bits per heavy atom. The number of para-hydroxylation sites is 1. The van der Waals surface area contributed by atoms with Crippen LogP contribution in [0.5, 0.6) is 0 Å². The van der Waals surface area contributed by atoms with Crippen molar-refractivity contribution in [3.8, 4) is 0 Å². The number of benzene rings is 4. The largest absolute Gasteiger partial charge is 0.352 e. The molecule has 4 nitrogen and oxygen atoms in total. The smallest absolute Gasteiger partial charge is 0.185 e. The normalized spacial score (nSPS) is 21.9. The Balaban J connectivity index is 1.56. The molecule has 1 spiro atoms. The molecule has 0 bridgehead atoms. The number of rotatable bonds is 3. The van der Waals surface area contributed by atoms with Crippen molar-refractivity contribution in [1.29, 1.82) is 0 Å². The van der Waals surface area contributed by atoms with Crippen molar-refractivity contribution in [2.75, 3.05) is 4.90 Å². The van der Waals surface area contributed by atoms with Gasteiger partial charge < -0.3 is 4.90 Å². The van der Waals surface area contributed by atoms with Gasteiger partial charge in [-0.3, -0.25) is 14.4 Å². The number of hydrogen-bond donors (Lipinski definition) is 0. The van der Waals surface area contributed by atoms with Gasteiger partial charge in [0.2, 0.25) is 0 Å². The minimum Gasteiger partial charge on any atom is -0.352 e. The van der Waals surface area contributed by atoms with Crippen LogP contribution < -0.4 is 4.90 Å². The lowest BCUT2D eigenvalue weighted by atomic mass is 9.64. The van der Waals surface area contributed by atoms with Gasteiger partial charge in [-0.1, -0.05) is 95.5 Å². The van der Waals surface area contributed by atoms with Gasteiger partial charge in [-0.25, -0.2) is 0 Å². The van der Waals surface area contributed by atoms with Gasteiger partial charge >= 0.3 is 0 Å². The molecule has 7 heteroatoms. The summed E-state index contributed by atoms with van der Waals surface area (Å²) < 4.78 is 0. The molecule has 3 aliphatic rings. The maximum Gasteiger partial charge on any atom is 0.185 e. The summed E-state index contributed by atoms with van der Waals surface area (Å²) in [5, 5.41) is 1.20. The van der Waals surface area contributed by atoms with Gasteiger partial charge in [0.1, 0.15) is 11.5 Å². The second kappa shape index (κ2) is 9.17. The predicted molar refractivity (Wildman–Crippen MR) is 158 cm³/mol. The molecule has 196 valence electrons. The summed E-state index contributed by atoms with van der Waals surface area (Å²) in [5.41, 5.74) is 1.68. The summed E-state index contributed by atoms with van der Waals surface area (Å²) in [6.45, 7) is 0. The van der Waals surface area contributed by atoms with Crippen LogP contribution >= 0.6 is 34.8 Å². The first-order valence-electron chi connectivity index (χ1n) is 12.8. The lowest BCUT2D eigenvalue weighted by molar-refractivity contribution is 0.0666. The van der Waals surface area contributed by atoms with E-state index in [0.29, 0.717) is 37.3 Å². The molecule has 3 atom stereocenters. The van der Waals surface area contributed by atoms with E-state index in [-0.39, 0.29) is 17.3 Å². The van der Waals surface area contributed by atoms with E-state index in [1.54, 1.807) is 66.7 Å². The monoisotopic (exact) mass is 583 g/mol. The second-order valence-electron chi connectivity index (χ2n) is 10.3. The molecule has 0 amide bonds. The number of halogens is 3. The fourth-order valence-electron chi connectivity index (χ4n) is 6.80. The van der Waals surface area contributed by atoms with Gasteiger partial charge in [0, 0.05) is 43.4 Å². The van der Waals surface area contributed by atoms with Crippen LogP contribution in [0.15, 0.2) is 97.1 Å². The number of nitrogens with zero attached hydrogens (tertiary/aromatic N) is 1. The summed E-state index contributed by atoms with van der Waals surface area (Å²) in [4.78, 5) is 45.8. The zero-order valence-electron chi connectivity index (χ0n) is 20.9. The molecule has 0 aromatic heterocycles. The molecule has 0 unspecified atom stereocenters. The van der Waals surface area contributed by atoms with Crippen LogP contribution in [0.2, 0.25) is 15.1 Å². The molecule has 0 saturated carbocycles. The van der Waals surface area contributed by atoms with E-state index in [0.717, 1.165) is 11.3 Å². The molecular formula is C33H20Cl3NO3. The first kappa shape index (κ1) is 25.3. The average molecular weight is 585 g/mol. The molecule has 7 rings (SSSR count). The molecule has 4 aromatic carbocycles. The lowest BCUT2D eigenvalue weighted by Gasteiger charge is -2.37. The predicted octanol–water partition coefficient (Wildman–Crippen LogP) is 7.96. The van der Waals surface area contributed by atoms with Crippen molar-refractivity contribution in [1.82, 2.24) is 0 Å². The highest BCUT2D eigenvalue weighted by molar-refractivity contribution is 6.36. The zero-order valence-corrected chi connectivity index (χ0v) is 23.1. The minimum absolute atomic E-state index is 0.240. The molecule has 0 radical (unpaired) electrons. The topological polar surface area (TPSA) is 54.5 Å². The first-order valence-corrected chi connectivity index (χ1v) is 14.0. The van der Waals surface area contributed by atoms with E-state index < -0.39 is 23.4 Å². The Morgan fingerprint density at radius 2 is 1.38 bits per heavy atom. The fourth-order valence-corrected chi connectivity index (χ4v) is 7.45. The van der Waals surface area contributed by atoms with Crippen LogP contribution in [-0.2, 0) is 0 Å². The van der Waals surface area contributed by atoms with Crippen molar-refractivity contribution >= 4 is 63.9 Å². The van der Waals surface area contributed by atoms with Gasteiger partial charge in [-0.2, -0.15) is 0 Å². The minimum atomic E-state index is -1.63. The summed E-state index contributed by atoms with van der Waals surface area (Å²) in [5.74, 6) is -1.77. The molecule has 1 fully saturated rings. The molecular weight excluding hydrogens is 565 g/mol. The van der Waals surface area contributed by atoms with E-state index in [4.69, 9.17) is 34.8 Å². The van der Waals surface area contributed by atoms with E-state index >= 15 is 0 Å². The first-order chi connectivity index (χ1) is 19.3. The van der Waals surface area contributed by atoms with E-state index in [9.17, 15) is 14.4 Å². The highest BCUT2D eigenvalue weighted by Crippen LogP contribution is 2.61. The Labute approximate surface area is 245 Å². The summed E-state index contributed by atoms with van der Waals surface area (Å²) in [6, 6.07) is 24.6. The highest BCUT2D eigenvalue weighted by Gasteiger charge is 2.71. The summed E-state index contributed by atoms with van der Waals surface area (Å²) in [6.07, 6.45) is 3.81. The van der Waals surface area contributed by atoms with Gasteiger partial charge in [0.25, 0.3) is 0 Å². The third kappa shape index (κ3) is 3.37. The van der Waals surface area contributed by atoms with Crippen molar-refractivity contribution in [2.24, 2.45) is 5.41 Å². The molecule has 1 aliphatic carbocycles. The molecule has 2 heterocycles. The fraction of sp³-hybridized carbons (Fsp3) is 0.121. The quantitative estimate of drug-likeness (QED) is 0.181. The number of hydrogen-bond acceptors (Lipinski definition) is 4. The molecule has 0 N–H and O–H groups in total. The van der Waals surface area contributed by atoms with Crippen LogP contribution in [0.4, 0.5) is 5.69 Å². The van der Waals surface area contributed by atoms with Gasteiger partial charge in [0.05, 0.1) is 6.04 Å². The van der Waals surface area contributed by atoms with Crippen molar-refractivity contribution in [3.05, 3.63) is 140 Å². The number of Topliss-reactive ketones (excluding diaryl/α,β-unsaturated/α-hetero) is 3. The van der Waals surface area contributed by atoms with E-state index in [1.807, 2.05) is 41.3 Å². The maximum absolute atomic E-state index is 14.6. The Kier molecular flexibility index (Phi) is 5.79.